The Morgan fingerprint density at radius 2 is 1.09 bits per heavy atom. The number of nitrogens with zero attached hydrogens (tertiary/aromatic N) is 6. The Balaban J connectivity index is -0.000000369. The third-order valence-electron chi connectivity index (χ3n) is 3.38. The number of nitrogens with one attached hydrogen (secondary N) is 1. The second-order valence-corrected chi connectivity index (χ2v) is 9.04. The van der Waals surface area contributed by atoms with Crippen LogP contribution in [0.15, 0.2) is 37.4 Å². The fourth-order valence-electron chi connectivity index (χ4n) is 1.55. The van der Waals surface area contributed by atoms with Gasteiger partial charge in [0.25, 0.3) is 15.6 Å². The molecule has 0 unspecified atom stereocenters. The van der Waals surface area contributed by atoms with E-state index in [1.807, 2.05) is 35.6 Å². The zero-order valence-electron chi connectivity index (χ0n) is 21.2. The second kappa shape index (κ2) is 21.9. The molecule has 0 aromatic carbocycles. The van der Waals surface area contributed by atoms with Gasteiger partial charge in [0.1, 0.15) is 24.8 Å². The highest BCUT2D eigenvalue weighted by molar-refractivity contribution is 7.46. The number of phosphoric ester groups is 2. The summed E-state index contributed by atoms with van der Waals surface area (Å²) >= 11 is 0. The number of hydrogen-bond acceptors (Lipinski definition) is 11. The molecule has 0 spiro atoms. The molecule has 0 saturated carbocycles. The van der Waals surface area contributed by atoms with Crippen LogP contribution >= 0.6 is 15.6 Å². The fourth-order valence-corrected chi connectivity index (χ4v) is 1.85. The van der Waals surface area contributed by atoms with Crippen molar-refractivity contribution < 1.29 is 46.1 Å². The number of aromatic nitrogens is 4. The predicted octanol–water partition coefficient (Wildman–Crippen LogP) is -0.302. The summed E-state index contributed by atoms with van der Waals surface area (Å²) in [4.78, 5) is 19.9. The highest BCUT2D eigenvalue weighted by Gasteiger charge is 1.99. The van der Waals surface area contributed by atoms with Crippen molar-refractivity contribution in [2.45, 2.75) is 26.9 Å². The summed E-state index contributed by atoms with van der Waals surface area (Å²) in [5, 5.41) is 16.7. The summed E-state index contributed by atoms with van der Waals surface area (Å²) in [6, 6.07) is 0. The van der Waals surface area contributed by atoms with E-state index in [0.717, 1.165) is 41.5 Å². The minimum atomic E-state index is -3.90. The van der Waals surface area contributed by atoms with Gasteiger partial charge in [-0.25, -0.2) is 23.6 Å². The van der Waals surface area contributed by atoms with Crippen LogP contribution in [0.2, 0.25) is 0 Å². The molecule has 2 rings (SSSR count). The third kappa shape index (κ3) is 24.3. The van der Waals surface area contributed by atoms with E-state index in [2.05, 4.69) is 66.1 Å². The van der Waals surface area contributed by atoms with Crippen LogP contribution in [0.25, 0.3) is 0 Å². The Labute approximate surface area is 206 Å². The topological polar surface area (TPSA) is 194 Å². The minimum absolute atomic E-state index is 1.04. The van der Waals surface area contributed by atoms with Gasteiger partial charge in [-0.05, 0) is 13.8 Å². The number of nitriles is 2. The Bertz CT molecular complexity index is 876. The van der Waals surface area contributed by atoms with Gasteiger partial charge in [0, 0.05) is 28.4 Å². The van der Waals surface area contributed by atoms with E-state index < -0.39 is 15.6 Å². The first kappa shape index (κ1) is 37.0. The van der Waals surface area contributed by atoms with Gasteiger partial charge in [-0.1, -0.05) is 0 Å². The van der Waals surface area contributed by atoms with Gasteiger partial charge in [0.2, 0.25) is 12.7 Å². The zero-order valence-corrected chi connectivity index (χ0v) is 23.0. The molecule has 0 aliphatic carbocycles. The van der Waals surface area contributed by atoms with Crippen LogP contribution in [0.4, 0.5) is 0 Å². The van der Waals surface area contributed by atoms with Gasteiger partial charge < -0.3 is 27.9 Å². The molecule has 0 aliphatic rings. The molecule has 0 atom stereocenters. The van der Waals surface area contributed by atoms with Crippen LogP contribution in [-0.2, 0) is 54.4 Å². The minimum Gasteiger partial charge on any atom is -0.756 e. The lowest BCUT2D eigenvalue weighted by Gasteiger charge is -2.16. The van der Waals surface area contributed by atoms with Crippen LogP contribution < -0.4 is 24.2 Å². The second-order valence-electron chi connectivity index (χ2n) is 5.79. The lowest BCUT2D eigenvalue weighted by atomic mass is 10.7. The summed E-state index contributed by atoms with van der Waals surface area (Å²) < 4.78 is 43.7. The molecule has 35 heavy (non-hydrogen) atoms. The van der Waals surface area contributed by atoms with Gasteiger partial charge in [-0.15, -0.1) is 0 Å². The van der Waals surface area contributed by atoms with E-state index in [4.69, 9.17) is 10.5 Å². The van der Waals surface area contributed by atoms with E-state index >= 15 is 0 Å². The lowest BCUT2D eigenvalue weighted by Crippen LogP contribution is -2.28. The fraction of sp³-hybridized carbons (Fsp3) is 0.556. The number of phosphoric acid groups is 2. The Kier molecular flexibility index (Phi) is 23.2. The van der Waals surface area contributed by atoms with Gasteiger partial charge >= 0.3 is 0 Å². The largest absolute Gasteiger partial charge is 0.756 e. The van der Waals surface area contributed by atoms with Crippen molar-refractivity contribution in [1.82, 2.24) is 14.5 Å². The summed E-state index contributed by atoms with van der Waals surface area (Å²) in [5.74, 6) is 0. The van der Waals surface area contributed by atoms with Crippen molar-refractivity contribution in [3.05, 3.63) is 37.4 Å². The van der Waals surface area contributed by atoms with E-state index in [1.165, 1.54) is 12.4 Å². The van der Waals surface area contributed by atoms with Gasteiger partial charge in [0.15, 0.2) is 12.4 Å². The van der Waals surface area contributed by atoms with Gasteiger partial charge in [0.05, 0.1) is 27.2 Å². The number of rotatable bonds is 6. The molecule has 0 aliphatic heterocycles. The van der Waals surface area contributed by atoms with Crippen LogP contribution in [0.1, 0.15) is 13.8 Å². The maximum absolute atomic E-state index is 9.95. The van der Waals surface area contributed by atoms with Crippen molar-refractivity contribution in [2.24, 2.45) is 14.1 Å². The molecule has 1 N–H and O–H groups in total. The van der Waals surface area contributed by atoms with E-state index in [1.54, 1.807) is 5.32 Å². The highest BCUT2D eigenvalue weighted by Crippen LogP contribution is 2.35. The monoisotopic (exact) mass is 539 g/mol. The lowest BCUT2D eigenvalue weighted by molar-refractivity contribution is -0.693. The molecule has 0 radical (unpaired) electrons. The van der Waals surface area contributed by atoms with Crippen molar-refractivity contribution in [3.8, 4) is 12.4 Å². The number of imidazole rings is 2. The molecule has 0 amide bonds. The third-order valence-corrected chi connectivity index (χ3v) is 5.17. The summed E-state index contributed by atoms with van der Waals surface area (Å²) in [6.07, 6.45) is 15.1. The first-order valence-electron chi connectivity index (χ1n) is 9.71. The maximum atomic E-state index is 9.95. The maximum Gasteiger partial charge on any atom is 0.267 e. The smallest absolute Gasteiger partial charge is 0.267 e. The van der Waals surface area contributed by atoms with Crippen LogP contribution in [0.3, 0.4) is 0 Å². The van der Waals surface area contributed by atoms with Gasteiger partial charge in [-0.3, -0.25) is 9.13 Å². The summed E-state index contributed by atoms with van der Waals surface area (Å²) in [6.45, 7) is 6.36. The Morgan fingerprint density at radius 3 is 1.14 bits per heavy atom. The average molecular weight is 539 g/mol. The molecule has 0 fully saturated rings. The highest BCUT2D eigenvalue weighted by atomic mass is 31.2. The van der Waals surface area contributed by atoms with Crippen molar-refractivity contribution in [1.29, 1.82) is 10.5 Å². The molecule has 2 aromatic rings. The number of aryl methyl sites for hydroxylation is 4. The zero-order chi connectivity index (χ0) is 27.9. The Hall–Kier alpha value is -2.58. The van der Waals surface area contributed by atoms with Gasteiger partial charge in [-0.2, -0.15) is 10.5 Å². The molecule has 2 aromatic heterocycles. The Morgan fingerprint density at radius 1 is 0.800 bits per heavy atom. The normalized spacial score (nSPS) is 9.71. The molecular formula is C18H35N7O8P2. The number of hydrogen-bond donors (Lipinski definition) is 1. The van der Waals surface area contributed by atoms with Crippen LogP contribution in [0, 0.1) is 22.9 Å². The van der Waals surface area contributed by atoms with Crippen molar-refractivity contribution in [3.63, 3.8) is 0 Å². The SMILES string of the molecule is CC[n+]1ccn(C)c1.CC[n+]1ccn(C)c1.COP(=O)([O-])OC.COP(=O)([O-])OC.N#CNC#N. The van der Waals surface area contributed by atoms with Crippen LogP contribution in [0.5, 0.6) is 0 Å². The van der Waals surface area contributed by atoms with Crippen molar-refractivity contribution in [2.75, 3.05) is 28.4 Å². The van der Waals surface area contributed by atoms with Crippen molar-refractivity contribution >= 4 is 15.6 Å². The summed E-state index contributed by atoms with van der Waals surface area (Å²) in [7, 11) is 0.387. The predicted molar refractivity (Wildman–Crippen MR) is 120 cm³/mol. The molecule has 0 bridgehead atoms. The van der Waals surface area contributed by atoms with E-state index in [9.17, 15) is 18.9 Å². The first-order chi connectivity index (χ1) is 16.3. The van der Waals surface area contributed by atoms with Crippen LogP contribution in [-0.4, -0.2) is 37.6 Å². The first-order valence-corrected chi connectivity index (χ1v) is 12.6. The molecule has 0 saturated heterocycles. The average Bonchev–Trinajstić information content (AvgIpc) is 3.48. The molecule has 15 nitrogen and oxygen atoms in total. The van der Waals surface area contributed by atoms with E-state index in [0.29, 0.717) is 0 Å². The summed E-state index contributed by atoms with van der Waals surface area (Å²) in [5.41, 5.74) is 0. The molecule has 200 valence electrons. The molecular weight excluding hydrogens is 504 g/mol. The standard InChI is InChI=1S/2C6H11N2.C2HN3.2C2H7O4P/c2*1-3-8-5-4-7(2)6-8;3-1-5-2-4;2*1-5-7(3,4)6-2/h2*4-6H,3H2,1-2H3;5H;2*1-2H3,(H,3,4)/q2*+1;;;/p-2. The van der Waals surface area contributed by atoms with E-state index in [-0.39, 0.29) is 0 Å². The molecule has 17 heteroatoms. The quantitative estimate of drug-likeness (QED) is 0.219. The molecule has 2 heterocycles.